The molecule has 0 radical (unpaired) electrons. The van der Waals surface area contributed by atoms with Crippen molar-refractivity contribution in [2.45, 2.75) is 38.8 Å². The van der Waals surface area contributed by atoms with Crippen LogP contribution in [0.15, 0.2) is 24.3 Å². The summed E-state index contributed by atoms with van der Waals surface area (Å²) < 4.78 is 20.2. The SMILES string of the molecule is Cn1nc(C(=O)NCc2ccc(F)cc2)c2c1CCC(NCC1(C)COC1)C2. The van der Waals surface area contributed by atoms with Crippen LogP contribution in [0.25, 0.3) is 0 Å². The maximum Gasteiger partial charge on any atom is 0.272 e. The Morgan fingerprint density at radius 1 is 1.36 bits per heavy atom. The van der Waals surface area contributed by atoms with Gasteiger partial charge in [-0.3, -0.25) is 9.48 Å². The normalized spacial score (nSPS) is 20.3. The first-order valence-corrected chi connectivity index (χ1v) is 9.82. The lowest BCUT2D eigenvalue weighted by Gasteiger charge is -2.39. The number of carbonyl (C=O) groups excluding carboxylic acids is 1. The first-order chi connectivity index (χ1) is 13.4. The van der Waals surface area contributed by atoms with E-state index in [1.165, 1.54) is 12.1 Å². The lowest BCUT2D eigenvalue weighted by atomic mass is 9.86. The summed E-state index contributed by atoms with van der Waals surface area (Å²) in [5, 5.41) is 11.1. The standard InChI is InChI=1S/C21H27FN4O2/c1-21(12-28-13-21)11-24-16-7-8-18-17(9-16)19(25-26(18)2)20(27)23-10-14-3-5-15(22)6-4-14/h3-6,16,24H,7-13H2,1-2H3,(H,23,27). The Balaban J connectivity index is 1.41. The number of aromatic nitrogens is 2. The van der Waals surface area contributed by atoms with E-state index >= 15 is 0 Å². The van der Waals surface area contributed by atoms with E-state index in [1.54, 1.807) is 12.1 Å². The number of rotatable bonds is 6. The van der Waals surface area contributed by atoms with Gasteiger partial charge in [-0.15, -0.1) is 0 Å². The van der Waals surface area contributed by atoms with Gasteiger partial charge >= 0.3 is 0 Å². The molecule has 1 atom stereocenters. The summed E-state index contributed by atoms with van der Waals surface area (Å²) in [5.41, 5.74) is 3.77. The molecule has 1 aromatic carbocycles. The molecule has 0 saturated carbocycles. The zero-order valence-corrected chi connectivity index (χ0v) is 16.4. The average molecular weight is 386 g/mol. The predicted octanol–water partition coefficient (Wildman–Crippen LogP) is 1.97. The van der Waals surface area contributed by atoms with Gasteiger partial charge in [0.1, 0.15) is 5.82 Å². The van der Waals surface area contributed by atoms with Gasteiger partial charge in [-0.2, -0.15) is 5.10 Å². The Bertz CT molecular complexity index is 858. The highest BCUT2D eigenvalue weighted by molar-refractivity contribution is 5.94. The number of fused-ring (bicyclic) bond motifs is 1. The molecule has 2 N–H and O–H groups in total. The fourth-order valence-electron chi connectivity index (χ4n) is 3.96. The Hall–Kier alpha value is -2.25. The highest BCUT2D eigenvalue weighted by Gasteiger charge is 2.35. The van der Waals surface area contributed by atoms with Gasteiger partial charge in [0.05, 0.1) is 13.2 Å². The Morgan fingerprint density at radius 2 is 2.11 bits per heavy atom. The third kappa shape index (κ3) is 3.95. The van der Waals surface area contributed by atoms with Gasteiger partial charge in [-0.1, -0.05) is 19.1 Å². The Kier molecular flexibility index (Phi) is 5.21. The molecule has 4 rings (SSSR count). The first kappa shape index (κ1) is 19.1. The number of nitrogens with one attached hydrogen (secondary N) is 2. The van der Waals surface area contributed by atoms with Gasteiger partial charge in [0.2, 0.25) is 0 Å². The first-order valence-electron chi connectivity index (χ1n) is 9.82. The molecule has 2 aliphatic rings. The van der Waals surface area contributed by atoms with E-state index in [4.69, 9.17) is 4.74 Å². The minimum atomic E-state index is -0.283. The van der Waals surface area contributed by atoms with E-state index < -0.39 is 0 Å². The second kappa shape index (κ2) is 7.64. The van der Waals surface area contributed by atoms with Crippen molar-refractivity contribution in [2.75, 3.05) is 19.8 Å². The second-order valence-electron chi connectivity index (χ2n) is 8.33. The zero-order chi connectivity index (χ0) is 19.7. The summed E-state index contributed by atoms with van der Waals surface area (Å²) in [6.07, 6.45) is 2.76. The summed E-state index contributed by atoms with van der Waals surface area (Å²) in [6.45, 7) is 5.13. The molecule has 1 aliphatic carbocycles. The van der Waals surface area contributed by atoms with Crippen LogP contribution in [0.4, 0.5) is 4.39 Å². The zero-order valence-electron chi connectivity index (χ0n) is 16.4. The molecule has 1 aliphatic heterocycles. The number of aryl methyl sites for hydroxylation is 1. The highest BCUT2D eigenvalue weighted by Crippen LogP contribution is 2.28. The van der Waals surface area contributed by atoms with Crippen LogP contribution in [-0.2, 0) is 31.2 Å². The molecular formula is C21H27FN4O2. The quantitative estimate of drug-likeness (QED) is 0.797. The number of hydrogen-bond acceptors (Lipinski definition) is 4. The van der Waals surface area contributed by atoms with Gasteiger partial charge < -0.3 is 15.4 Å². The van der Waals surface area contributed by atoms with Crippen LogP contribution in [0, 0.1) is 11.2 Å². The van der Waals surface area contributed by atoms with Crippen molar-refractivity contribution < 1.29 is 13.9 Å². The number of benzene rings is 1. The number of halogens is 1. The van der Waals surface area contributed by atoms with Crippen molar-refractivity contribution >= 4 is 5.91 Å². The fourth-order valence-corrected chi connectivity index (χ4v) is 3.96. The molecule has 0 bridgehead atoms. The van der Waals surface area contributed by atoms with Gasteiger partial charge in [-0.25, -0.2) is 4.39 Å². The number of carbonyl (C=O) groups is 1. The second-order valence-corrected chi connectivity index (χ2v) is 8.33. The van der Waals surface area contributed by atoms with Gasteiger partial charge in [0.15, 0.2) is 5.69 Å². The minimum absolute atomic E-state index is 0.179. The van der Waals surface area contributed by atoms with Crippen molar-refractivity contribution in [2.24, 2.45) is 12.5 Å². The lowest BCUT2D eigenvalue weighted by Crippen LogP contribution is -2.50. The van der Waals surface area contributed by atoms with Gasteiger partial charge in [-0.05, 0) is 37.0 Å². The molecule has 28 heavy (non-hydrogen) atoms. The number of ether oxygens (including phenoxy) is 1. The summed E-state index contributed by atoms with van der Waals surface area (Å²) in [6, 6.07) is 6.49. The fraction of sp³-hybridized carbons (Fsp3) is 0.524. The van der Waals surface area contributed by atoms with Crippen molar-refractivity contribution in [3.63, 3.8) is 0 Å². The lowest BCUT2D eigenvalue weighted by molar-refractivity contribution is -0.100. The molecule has 7 heteroatoms. The van der Waals surface area contributed by atoms with Crippen molar-refractivity contribution in [1.29, 1.82) is 0 Å². The van der Waals surface area contributed by atoms with Crippen LogP contribution >= 0.6 is 0 Å². The van der Waals surface area contributed by atoms with E-state index in [0.717, 1.165) is 55.8 Å². The van der Waals surface area contributed by atoms with Gasteiger partial charge in [0, 0.05) is 42.9 Å². The summed E-state index contributed by atoms with van der Waals surface area (Å²) in [5.74, 6) is -0.462. The smallest absolute Gasteiger partial charge is 0.272 e. The third-order valence-electron chi connectivity index (χ3n) is 5.75. The van der Waals surface area contributed by atoms with Crippen LogP contribution in [-0.4, -0.2) is 41.5 Å². The van der Waals surface area contributed by atoms with Crippen LogP contribution in [0.5, 0.6) is 0 Å². The molecule has 0 spiro atoms. The van der Waals surface area contributed by atoms with Crippen molar-refractivity contribution in [3.05, 3.63) is 52.6 Å². The monoisotopic (exact) mass is 386 g/mol. The summed E-state index contributed by atoms with van der Waals surface area (Å²) in [7, 11) is 1.90. The van der Waals surface area contributed by atoms with Crippen LogP contribution in [0.2, 0.25) is 0 Å². The molecule has 1 amide bonds. The Labute approximate surface area is 164 Å². The van der Waals surface area contributed by atoms with Crippen LogP contribution < -0.4 is 10.6 Å². The molecule has 2 aromatic rings. The molecule has 150 valence electrons. The number of hydrogen-bond donors (Lipinski definition) is 2. The summed E-state index contributed by atoms with van der Waals surface area (Å²) >= 11 is 0. The molecule has 1 saturated heterocycles. The van der Waals surface area contributed by atoms with Gasteiger partial charge in [0.25, 0.3) is 5.91 Å². The van der Waals surface area contributed by atoms with E-state index in [0.29, 0.717) is 18.3 Å². The van der Waals surface area contributed by atoms with E-state index in [1.807, 2.05) is 11.7 Å². The maximum absolute atomic E-state index is 13.0. The van der Waals surface area contributed by atoms with E-state index in [9.17, 15) is 9.18 Å². The van der Waals surface area contributed by atoms with E-state index in [-0.39, 0.29) is 17.1 Å². The molecule has 6 nitrogen and oxygen atoms in total. The molecule has 1 fully saturated rings. The highest BCUT2D eigenvalue weighted by atomic mass is 19.1. The third-order valence-corrected chi connectivity index (χ3v) is 5.75. The van der Waals surface area contributed by atoms with Crippen molar-refractivity contribution in [3.8, 4) is 0 Å². The number of amides is 1. The molecule has 1 unspecified atom stereocenters. The summed E-state index contributed by atoms with van der Waals surface area (Å²) in [4.78, 5) is 12.8. The predicted molar refractivity (Wildman–Crippen MR) is 104 cm³/mol. The van der Waals surface area contributed by atoms with Crippen LogP contribution in [0.3, 0.4) is 0 Å². The minimum Gasteiger partial charge on any atom is -0.380 e. The molecule has 1 aromatic heterocycles. The topological polar surface area (TPSA) is 68.2 Å². The largest absolute Gasteiger partial charge is 0.380 e. The molecular weight excluding hydrogens is 359 g/mol. The van der Waals surface area contributed by atoms with Crippen LogP contribution in [0.1, 0.15) is 40.7 Å². The molecule has 2 heterocycles. The van der Waals surface area contributed by atoms with E-state index in [2.05, 4.69) is 22.7 Å². The number of nitrogens with zero attached hydrogens (tertiary/aromatic N) is 2. The Morgan fingerprint density at radius 3 is 2.79 bits per heavy atom. The average Bonchev–Trinajstić information content (AvgIpc) is 3.00. The van der Waals surface area contributed by atoms with Crippen molar-refractivity contribution in [1.82, 2.24) is 20.4 Å². The maximum atomic E-state index is 13.0.